The zero-order valence-corrected chi connectivity index (χ0v) is 8.97. The Bertz CT molecular complexity index is 295. The summed E-state index contributed by atoms with van der Waals surface area (Å²) >= 11 is 0. The number of carbonyl (C=O) groups is 1. The Labute approximate surface area is 82.9 Å². The zero-order chi connectivity index (χ0) is 11.4. The molecule has 0 radical (unpaired) electrons. The normalized spacial score (nSPS) is 12.5. The van der Waals surface area contributed by atoms with Gasteiger partial charge >= 0.3 is 6.09 Å². The Hall–Kier alpha value is -0.820. The first-order valence-corrected chi connectivity index (χ1v) is 5.68. The van der Waals surface area contributed by atoms with E-state index >= 15 is 0 Å². The standard InChI is InChI=1S/C7H15NO5S/c1-7(2,5-9)14(12,13)4-3-8-6(10)11/h8-9H,3-5H2,1-2H3,(H,10,11). The number of carboxylic acid groups (broad SMARTS) is 1. The molecule has 0 saturated heterocycles. The van der Waals surface area contributed by atoms with E-state index in [0.717, 1.165) is 0 Å². The number of aliphatic hydroxyl groups excluding tert-OH is 1. The summed E-state index contributed by atoms with van der Waals surface area (Å²) in [4.78, 5) is 10.0. The van der Waals surface area contributed by atoms with E-state index in [2.05, 4.69) is 0 Å². The highest BCUT2D eigenvalue weighted by molar-refractivity contribution is 7.92. The van der Waals surface area contributed by atoms with E-state index in [1.807, 2.05) is 5.32 Å². The van der Waals surface area contributed by atoms with Crippen molar-refractivity contribution in [2.24, 2.45) is 0 Å². The molecule has 6 nitrogen and oxygen atoms in total. The van der Waals surface area contributed by atoms with Crippen molar-refractivity contribution in [3.63, 3.8) is 0 Å². The van der Waals surface area contributed by atoms with E-state index in [9.17, 15) is 13.2 Å². The van der Waals surface area contributed by atoms with Gasteiger partial charge in [0.25, 0.3) is 0 Å². The number of sulfone groups is 1. The Morgan fingerprint density at radius 2 is 1.93 bits per heavy atom. The second-order valence-corrected chi connectivity index (χ2v) is 6.21. The minimum absolute atomic E-state index is 0.166. The fraction of sp³-hybridized carbons (Fsp3) is 0.857. The molecule has 0 aliphatic heterocycles. The highest BCUT2D eigenvalue weighted by Gasteiger charge is 2.32. The van der Waals surface area contributed by atoms with Crippen molar-refractivity contribution in [1.82, 2.24) is 5.32 Å². The third-order valence-electron chi connectivity index (χ3n) is 1.87. The molecular weight excluding hydrogens is 210 g/mol. The van der Waals surface area contributed by atoms with Crippen LogP contribution >= 0.6 is 0 Å². The molecule has 0 saturated carbocycles. The maximum Gasteiger partial charge on any atom is 0.404 e. The van der Waals surface area contributed by atoms with E-state index < -0.39 is 27.3 Å². The van der Waals surface area contributed by atoms with Crippen LogP contribution in [0.4, 0.5) is 4.79 Å². The van der Waals surface area contributed by atoms with Crippen molar-refractivity contribution in [3.05, 3.63) is 0 Å². The van der Waals surface area contributed by atoms with Gasteiger partial charge in [-0.1, -0.05) is 0 Å². The number of rotatable bonds is 5. The van der Waals surface area contributed by atoms with Crippen LogP contribution in [0, 0.1) is 0 Å². The maximum absolute atomic E-state index is 11.5. The van der Waals surface area contributed by atoms with Gasteiger partial charge in [-0.25, -0.2) is 13.2 Å². The SMILES string of the molecule is CC(C)(CO)S(=O)(=O)CCNC(=O)O. The van der Waals surface area contributed by atoms with Gasteiger partial charge in [0.1, 0.15) is 0 Å². The van der Waals surface area contributed by atoms with Gasteiger partial charge in [-0.05, 0) is 13.8 Å². The summed E-state index contributed by atoms with van der Waals surface area (Å²) in [6.07, 6.45) is -1.26. The number of amides is 1. The maximum atomic E-state index is 11.5. The Morgan fingerprint density at radius 3 is 2.29 bits per heavy atom. The molecule has 0 unspecified atom stereocenters. The van der Waals surface area contributed by atoms with Crippen molar-refractivity contribution >= 4 is 15.9 Å². The second-order valence-electron chi connectivity index (χ2n) is 3.47. The van der Waals surface area contributed by atoms with Crippen LogP contribution in [0.3, 0.4) is 0 Å². The summed E-state index contributed by atoms with van der Waals surface area (Å²) in [6.45, 7) is 2.13. The average molecular weight is 225 g/mol. The predicted molar refractivity (Wildman–Crippen MR) is 51.0 cm³/mol. The molecule has 0 aromatic carbocycles. The van der Waals surface area contributed by atoms with E-state index in [0.29, 0.717) is 0 Å². The highest BCUT2D eigenvalue weighted by atomic mass is 32.2. The lowest BCUT2D eigenvalue weighted by Crippen LogP contribution is -2.40. The predicted octanol–water partition coefficient (Wildman–Crippen LogP) is -0.560. The Balaban J connectivity index is 4.30. The first kappa shape index (κ1) is 13.2. The molecule has 0 rings (SSSR count). The molecule has 0 spiro atoms. The molecule has 0 aliphatic carbocycles. The Kier molecular flexibility index (Phi) is 4.34. The van der Waals surface area contributed by atoms with Crippen molar-refractivity contribution < 1.29 is 23.4 Å². The summed E-state index contributed by atoms with van der Waals surface area (Å²) in [6, 6.07) is 0. The van der Waals surface area contributed by atoms with E-state index in [-0.39, 0.29) is 12.3 Å². The highest BCUT2D eigenvalue weighted by Crippen LogP contribution is 2.15. The lowest BCUT2D eigenvalue weighted by molar-refractivity contribution is 0.195. The smallest absolute Gasteiger partial charge is 0.404 e. The second kappa shape index (κ2) is 4.61. The van der Waals surface area contributed by atoms with Gasteiger partial charge in [-0.15, -0.1) is 0 Å². The molecular formula is C7H15NO5S. The number of aliphatic hydroxyl groups is 1. The van der Waals surface area contributed by atoms with Gasteiger partial charge in [-0.3, -0.25) is 0 Å². The molecule has 0 aromatic rings. The minimum Gasteiger partial charge on any atom is -0.465 e. The molecule has 0 heterocycles. The van der Waals surface area contributed by atoms with Crippen LogP contribution in [0.25, 0.3) is 0 Å². The topological polar surface area (TPSA) is 104 Å². The minimum atomic E-state index is -3.48. The van der Waals surface area contributed by atoms with Crippen LogP contribution < -0.4 is 5.32 Å². The van der Waals surface area contributed by atoms with Crippen molar-refractivity contribution in [1.29, 1.82) is 0 Å². The van der Waals surface area contributed by atoms with Crippen LogP contribution in [0.15, 0.2) is 0 Å². The molecule has 14 heavy (non-hydrogen) atoms. The molecule has 0 aromatic heterocycles. The number of nitrogens with one attached hydrogen (secondary N) is 1. The molecule has 0 atom stereocenters. The quantitative estimate of drug-likeness (QED) is 0.582. The molecule has 0 bridgehead atoms. The average Bonchev–Trinajstić information content (AvgIpc) is 2.03. The van der Waals surface area contributed by atoms with Crippen LogP contribution in [-0.4, -0.2) is 48.4 Å². The summed E-state index contributed by atoms with van der Waals surface area (Å²) in [7, 11) is -3.48. The zero-order valence-electron chi connectivity index (χ0n) is 8.15. The van der Waals surface area contributed by atoms with Crippen molar-refractivity contribution in [2.75, 3.05) is 18.9 Å². The summed E-state index contributed by atoms with van der Waals surface area (Å²) in [5.41, 5.74) is 0. The van der Waals surface area contributed by atoms with Crippen LogP contribution in [0.2, 0.25) is 0 Å². The van der Waals surface area contributed by atoms with Crippen LogP contribution in [0.5, 0.6) is 0 Å². The van der Waals surface area contributed by atoms with Gasteiger partial charge < -0.3 is 15.5 Å². The molecule has 84 valence electrons. The fourth-order valence-corrected chi connectivity index (χ4v) is 1.79. The molecule has 0 fully saturated rings. The van der Waals surface area contributed by atoms with Gasteiger partial charge in [0, 0.05) is 6.54 Å². The molecule has 7 heteroatoms. The molecule has 3 N–H and O–H groups in total. The Morgan fingerprint density at radius 1 is 1.43 bits per heavy atom. The third kappa shape index (κ3) is 3.51. The van der Waals surface area contributed by atoms with E-state index in [4.69, 9.17) is 10.2 Å². The third-order valence-corrected chi connectivity index (χ3v) is 4.42. The summed E-state index contributed by atoms with van der Waals surface area (Å²) in [5, 5.41) is 19.0. The fourth-order valence-electron chi connectivity index (χ4n) is 0.667. The van der Waals surface area contributed by atoms with Gasteiger partial charge in [0.2, 0.25) is 0 Å². The number of hydrogen-bond donors (Lipinski definition) is 3. The summed E-state index contributed by atoms with van der Waals surface area (Å²) in [5.74, 6) is -0.313. The lowest BCUT2D eigenvalue weighted by Gasteiger charge is -2.21. The van der Waals surface area contributed by atoms with Crippen molar-refractivity contribution in [2.45, 2.75) is 18.6 Å². The van der Waals surface area contributed by atoms with E-state index in [1.54, 1.807) is 0 Å². The van der Waals surface area contributed by atoms with Gasteiger partial charge in [0.05, 0.1) is 17.1 Å². The van der Waals surface area contributed by atoms with E-state index in [1.165, 1.54) is 13.8 Å². The molecule has 1 amide bonds. The first-order chi connectivity index (χ1) is 6.23. The largest absolute Gasteiger partial charge is 0.465 e. The monoisotopic (exact) mass is 225 g/mol. The lowest BCUT2D eigenvalue weighted by atomic mass is 10.2. The number of hydrogen-bond acceptors (Lipinski definition) is 4. The van der Waals surface area contributed by atoms with Gasteiger partial charge in [0.15, 0.2) is 9.84 Å². The van der Waals surface area contributed by atoms with Gasteiger partial charge in [-0.2, -0.15) is 0 Å². The summed E-state index contributed by atoms with van der Waals surface area (Å²) < 4.78 is 21.7. The van der Waals surface area contributed by atoms with Crippen molar-refractivity contribution in [3.8, 4) is 0 Å². The van der Waals surface area contributed by atoms with Crippen LogP contribution in [0.1, 0.15) is 13.8 Å². The first-order valence-electron chi connectivity index (χ1n) is 4.03. The van der Waals surface area contributed by atoms with Crippen LogP contribution in [-0.2, 0) is 9.84 Å². The molecule has 0 aliphatic rings.